The number of nitriles is 1. The van der Waals surface area contributed by atoms with Crippen molar-refractivity contribution in [2.45, 2.75) is 37.8 Å². The molecule has 3 rings (SSSR count). The third-order valence-corrected chi connectivity index (χ3v) is 5.35. The normalized spacial score (nSPS) is 30.8. The Morgan fingerprint density at radius 2 is 2.07 bits per heavy atom. The Bertz CT molecular complexity index is 890. The van der Waals surface area contributed by atoms with Gasteiger partial charge in [-0.1, -0.05) is 0 Å². The number of halogens is 3. The van der Waals surface area contributed by atoms with Crippen LogP contribution < -0.4 is 5.73 Å². The Labute approximate surface area is 179 Å². The van der Waals surface area contributed by atoms with Gasteiger partial charge in [0.15, 0.2) is 0 Å². The molecule has 1 aromatic rings. The van der Waals surface area contributed by atoms with Gasteiger partial charge in [-0.25, -0.2) is 13.2 Å². The Balaban J connectivity index is 0.00000210. The number of ether oxygens (including phenoxy) is 1. The summed E-state index contributed by atoms with van der Waals surface area (Å²) in [6.07, 6.45) is -1.78. The number of benzene rings is 1. The smallest absolute Gasteiger partial charge is 0.271 e. The van der Waals surface area contributed by atoms with Gasteiger partial charge in [-0.3, -0.25) is 15.1 Å². The molecule has 29 heavy (non-hydrogen) atoms. The summed E-state index contributed by atoms with van der Waals surface area (Å²) in [6, 6.07) is 4.80. The van der Waals surface area contributed by atoms with E-state index in [1.54, 1.807) is 0 Å². The van der Waals surface area contributed by atoms with Crippen LogP contribution in [0.2, 0.25) is 0 Å². The average Bonchev–Trinajstić information content (AvgIpc) is 2.94. The Hall–Kier alpha value is -1.97. The maximum atomic E-state index is 14.6. The van der Waals surface area contributed by atoms with Crippen molar-refractivity contribution in [3.8, 4) is 6.07 Å². The van der Waals surface area contributed by atoms with E-state index in [1.165, 1.54) is 6.92 Å². The molecule has 2 heterocycles. The molecule has 0 amide bonds. The summed E-state index contributed by atoms with van der Waals surface area (Å²) < 4.78 is 48.3. The van der Waals surface area contributed by atoms with E-state index in [0.717, 1.165) is 18.2 Å². The number of nitro groups is 1. The van der Waals surface area contributed by atoms with Crippen LogP contribution in [0.3, 0.4) is 0 Å². The highest BCUT2D eigenvalue weighted by Gasteiger charge is 2.62. The molecule has 160 valence electrons. The molecule has 2 aliphatic rings. The van der Waals surface area contributed by atoms with Crippen molar-refractivity contribution in [3.63, 3.8) is 0 Å². The maximum absolute atomic E-state index is 14.6. The molecule has 0 saturated carbocycles. The minimum Gasteiger partial charge on any atom is -0.386 e. The van der Waals surface area contributed by atoms with Crippen LogP contribution in [0.1, 0.15) is 25.8 Å². The first-order chi connectivity index (χ1) is 12.4. The van der Waals surface area contributed by atoms with Crippen LogP contribution in [0.15, 0.2) is 23.2 Å². The van der Waals surface area contributed by atoms with Crippen LogP contribution in [0, 0.1) is 38.6 Å². The number of aliphatic imine (C=N–C) groups is 1. The Morgan fingerprint density at radius 1 is 1.45 bits per heavy atom. The van der Waals surface area contributed by atoms with Gasteiger partial charge in [-0.05, 0) is 19.4 Å². The van der Waals surface area contributed by atoms with E-state index in [9.17, 15) is 28.5 Å². The molecule has 4 atom stereocenters. The first-order valence-electron chi connectivity index (χ1n) is 8.15. The minimum atomic E-state index is -3.29. The second kappa shape index (κ2) is 8.04. The van der Waals surface area contributed by atoms with Gasteiger partial charge in [-0.2, -0.15) is 32.3 Å². The first-order valence-corrected chi connectivity index (χ1v) is 8.15. The molecule has 1 aromatic carbocycles. The van der Waals surface area contributed by atoms with Crippen molar-refractivity contribution in [1.82, 2.24) is 0 Å². The summed E-state index contributed by atoms with van der Waals surface area (Å²) in [5.41, 5.74) is 2.29. The number of fused-ring (bicyclic) bond motifs is 1. The predicted octanol–water partition coefficient (Wildman–Crippen LogP) is 3.12. The lowest BCUT2D eigenvalue weighted by molar-refractivity contribution is -0.385. The molecule has 7 nitrogen and oxygen atoms in total. The van der Waals surface area contributed by atoms with Crippen molar-refractivity contribution < 1.29 is 22.8 Å². The third-order valence-electron chi connectivity index (χ3n) is 5.35. The summed E-state index contributed by atoms with van der Waals surface area (Å²) in [4.78, 5) is 14.6. The minimum absolute atomic E-state index is 0. The fraction of sp³-hybridized carbons (Fsp3) is 0.529. The topological polar surface area (TPSA) is 115 Å². The fourth-order valence-corrected chi connectivity index (χ4v) is 3.86. The van der Waals surface area contributed by atoms with Gasteiger partial charge in [0.25, 0.3) is 11.6 Å². The monoisotopic (exact) mass is 450 g/mol. The zero-order valence-electron chi connectivity index (χ0n) is 15.6. The number of amidine groups is 1. The summed E-state index contributed by atoms with van der Waals surface area (Å²) in [5.74, 6) is -5.37. The largest absolute Gasteiger partial charge is 0.386 e. The average molecular weight is 451 g/mol. The second-order valence-electron chi connectivity index (χ2n) is 7.28. The van der Waals surface area contributed by atoms with Crippen molar-refractivity contribution in [2.75, 3.05) is 6.61 Å². The molecule has 0 bridgehead atoms. The van der Waals surface area contributed by atoms with Crippen LogP contribution in [-0.2, 0) is 10.3 Å². The number of hydrogen-bond donors (Lipinski definition) is 1. The van der Waals surface area contributed by atoms with Gasteiger partial charge >= 0.3 is 0 Å². The molecule has 0 spiro atoms. The summed E-state index contributed by atoms with van der Waals surface area (Å²) in [7, 11) is 0. The van der Waals surface area contributed by atoms with E-state index in [0.29, 0.717) is 6.92 Å². The predicted molar refractivity (Wildman–Crippen MR) is 109 cm³/mol. The van der Waals surface area contributed by atoms with Gasteiger partial charge < -0.3 is 10.5 Å². The molecule has 0 aliphatic carbocycles. The van der Waals surface area contributed by atoms with Crippen molar-refractivity contribution in [3.05, 3.63) is 39.7 Å². The van der Waals surface area contributed by atoms with Crippen molar-refractivity contribution in [2.24, 2.45) is 22.1 Å². The van der Waals surface area contributed by atoms with Gasteiger partial charge in [0.05, 0.1) is 17.6 Å². The van der Waals surface area contributed by atoms with Crippen LogP contribution in [0.25, 0.3) is 0 Å². The van der Waals surface area contributed by atoms with Crippen LogP contribution >= 0.6 is 27.0 Å². The highest BCUT2D eigenvalue weighted by Crippen LogP contribution is 2.55. The quantitative estimate of drug-likeness (QED) is 0.561. The number of nitrogens with zero attached hydrogens (tertiary/aromatic N) is 3. The van der Waals surface area contributed by atoms with Crippen LogP contribution in [0.4, 0.5) is 18.9 Å². The molecule has 2 N–H and O–H groups in total. The van der Waals surface area contributed by atoms with Crippen molar-refractivity contribution in [1.29, 1.82) is 5.26 Å². The lowest BCUT2D eigenvalue weighted by Crippen LogP contribution is -2.52. The molecular weight excluding hydrogens is 429 g/mol. The Morgan fingerprint density at radius 3 is 2.59 bits per heavy atom. The van der Waals surface area contributed by atoms with Gasteiger partial charge in [0.2, 0.25) is 0 Å². The number of non-ortho nitro benzene ring substituents is 1. The first kappa shape index (κ1) is 25.1. The number of nitro benzene ring substituents is 1. The van der Waals surface area contributed by atoms with Crippen LogP contribution in [0.5, 0.6) is 0 Å². The van der Waals surface area contributed by atoms with Gasteiger partial charge in [0.1, 0.15) is 28.7 Å². The molecule has 1 unspecified atom stereocenters. The molecular formula is C17H21F3N4O3S2. The highest BCUT2D eigenvalue weighted by molar-refractivity contribution is 7.59. The van der Waals surface area contributed by atoms with E-state index >= 15 is 0 Å². The van der Waals surface area contributed by atoms with E-state index in [-0.39, 0.29) is 44.8 Å². The number of hydrogen-bond acceptors (Lipinski definition) is 6. The van der Waals surface area contributed by atoms with E-state index < -0.39 is 51.9 Å². The maximum Gasteiger partial charge on any atom is 0.271 e. The molecule has 0 radical (unpaired) electrons. The van der Waals surface area contributed by atoms with Gasteiger partial charge in [0, 0.05) is 30.5 Å². The molecule has 1 fully saturated rings. The summed E-state index contributed by atoms with van der Waals surface area (Å²) >= 11 is 0. The number of nitrogens with two attached hydrogens (primary N) is 1. The lowest BCUT2D eigenvalue weighted by atomic mass is 9.66. The molecule has 1 saturated heterocycles. The van der Waals surface area contributed by atoms with Crippen LogP contribution in [-0.4, -0.2) is 29.4 Å². The SMILES string of the molecule is CC1(C#N)C[C@@H]2[C@@H](C(C)(F)F)OC[C@]2(c2cc([N+](=O)[O-])ccc2F)N=C1N.S.S. The second-order valence-corrected chi connectivity index (χ2v) is 7.28. The molecule has 2 aliphatic heterocycles. The molecule has 0 aromatic heterocycles. The van der Waals surface area contributed by atoms with E-state index in [2.05, 4.69) is 4.99 Å². The van der Waals surface area contributed by atoms with E-state index in [4.69, 9.17) is 10.5 Å². The lowest BCUT2D eigenvalue weighted by Gasteiger charge is -2.42. The number of alkyl halides is 2. The Kier molecular flexibility index (Phi) is 6.95. The van der Waals surface area contributed by atoms with Gasteiger partial charge in [-0.15, -0.1) is 0 Å². The summed E-state index contributed by atoms with van der Waals surface area (Å²) in [5, 5.41) is 20.6. The number of rotatable bonds is 3. The highest BCUT2D eigenvalue weighted by atomic mass is 32.1. The third kappa shape index (κ3) is 3.91. The van der Waals surface area contributed by atoms with Crippen molar-refractivity contribution >= 4 is 38.5 Å². The standard InChI is InChI=1S/C17H17F3N4O3.2H2S/c1-15(7-21)6-11-13(16(2,19)20)27-8-17(11,23-14(15)22)10-5-9(24(25)26)3-4-12(10)18;;/h3-5,11,13H,6,8H2,1-2H3,(H2,22,23);2*1H2/t11-,13+,15?,17-;;/m1../s1. The zero-order chi connectivity index (χ0) is 20.2. The van der Waals surface area contributed by atoms with E-state index in [1.807, 2.05) is 6.07 Å². The summed E-state index contributed by atoms with van der Waals surface area (Å²) in [6.45, 7) is 1.71. The fourth-order valence-electron chi connectivity index (χ4n) is 3.86. The molecule has 12 heteroatoms. The zero-order valence-corrected chi connectivity index (χ0v) is 17.6.